The van der Waals surface area contributed by atoms with Crippen molar-refractivity contribution in [3.8, 4) is 17.5 Å². The number of para-hydroxylation sites is 1. The number of nitriles is 1. The second kappa shape index (κ2) is 4.59. The maximum Gasteiger partial charge on any atom is 0.205 e. The fourth-order valence-electron chi connectivity index (χ4n) is 2.21. The summed E-state index contributed by atoms with van der Waals surface area (Å²) in [6.07, 6.45) is 0. The summed E-state index contributed by atoms with van der Waals surface area (Å²) in [6.45, 7) is 0. The van der Waals surface area contributed by atoms with Gasteiger partial charge in [-0.05, 0) is 36.4 Å². The Morgan fingerprint density at radius 1 is 1.20 bits per heavy atom. The summed E-state index contributed by atoms with van der Waals surface area (Å²) in [4.78, 5) is 4.29. The van der Waals surface area contributed by atoms with Crippen LogP contribution in [-0.4, -0.2) is 16.7 Å². The third-order valence-electron chi connectivity index (χ3n) is 3.16. The second-order valence-electron chi connectivity index (χ2n) is 4.29. The Hall–Kier alpha value is -3.00. The molecule has 0 aliphatic heterocycles. The topological polar surface area (TPSA) is 76.9 Å². The SMILES string of the molecule is COc1ccc(-n2c(N)nc3c(C#N)cccc32)cc1. The first-order valence-corrected chi connectivity index (χ1v) is 6.06. The molecule has 3 aromatic rings. The summed E-state index contributed by atoms with van der Waals surface area (Å²) < 4.78 is 6.96. The highest BCUT2D eigenvalue weighted by Gasteiger charge is 2.12. The molecule has 0 spiro atoms. The van der Waals surface area contributed by atoms with Gasteiger partial charge in [-0.15, -0.1) is 0 Å². The number of methoxy groups -OCH3 is 1. The van der Waals surface area contributed by atoms with E-state index in [4.69, 9.17) is 15.7 Å². The third kappa shape index (κ3) is 1.75. The Morgan fingerprint density at radius 3 is 2.60 bits per heavy atom. The molecule has 0 fully saturated rings. The van der Waals surface area contributed by atoms with Crippen molar-refractivity contribution in [2.45, 2.75) is 0 Å². The van der Waals surface area contributed by atoms with E-state index in [9.17, 15) is 0 Å². The zero-order valence-electron chi connectivity index (χ0n) is 10.9. The van der Waals surface area contributed by atoms with Crippen LogP contribution in [0.15, 0.2) is 42.5 Å². The van der Waals surface area contributed by atoms with Crippen LogP contribution in [0.5, 0.6) is 5.75 Å². The molecular formula is C15H12N4O. The number of nitrogens with two attached hydrogens (primary N) is 1. The van der Waals surface area contributed by atoms with Crippen molar-refractivity contribution in [2.24, 2.45) is 0 Å². The van der Waals surface area contributed by atoms with Gasteiger partial charge in [-0.2, -0.15) is 5.26 Å². The van der Waals surface area contributed by atoms with E-state index >= 15 is 0 Å². The molecule has 0 amide bonds. The minimum absolute atomic E-state index is 0.355. The lowest BCUT2D eigenvalue weighted by Crippen LogP contribution is -2.00. The van der Waals surface area contributed by atoms with Crippen molar-refractivity contribution < 1.29 is 4.74 Å². The van der Waals surface area contributed by atoms with Crippen molar-refractivity contribution in [1.29, 1.82) is 5.26 Å². The quantitative estimate of drug-likeness (QED) is 0.771. The van der Waals surface area contributed by atoms with Crippen LogP contribution in [0.3, 0.4) is 0 Å². The summed E-state index contributed by atoms with van der Waals surface area (Å²) in [7, 11) is 1.62. The fraction of sp³-hybridized carbons (Fsp3) is 0.0667. The first-order valence-electron chi connectivity index (χ1n) is 6.06. The van der Waals surface area contributed by atoms with E-state index in [0.717, 1.165) is 17.0 Å². The highest BCUT2D eigenvalue weighted by molar-refractivity contribution is 5.85. The molecule has 2 aromatic carbocycles. The number of benzene rings is 2. The van der Waals surface area contributed by atoms with Crippen LogP contribution in [0, 0.1) is 11.3 Å². The Bertz CT molecular complexity index is 812. The molecule has 20 heavy (non-hydrogen) atoms. The van der Waals surface area contributed by atoms with Gasteiger partial charge in [-0.25, -0.2) is 4.98 Å². The highest BCUT2D eigenvalue weighted by Crippen LogP contribution is 2.26. The van der Waals surface area contributed by atoms with Crippen LogP contribution >= 0.6 is 0 Å². The number of nitrogens with zero attached hydrogens (tertiary/aromatic N) is 3. The average molecular weight is 264 g/mol. The zero-order chi connectivity index (χ0) is 14.1. The lowest BCUT2D eigenvalue weighted by atomic mass is 10.2. The Balaban J connectivity index is 2.25. The molecule has 0 unspecified atom stereocenters. The lowest BCUT2D eigenvalue weighted by molar-refractivity contribution is 0.415. The number of rotatable bonds is 2. The minimum Gasteiger partial charge on any atom is -0.497 e. The molecular weight excluding hydrogens is 252 g/mol. The molecule has 0 aliphatic carbocycles. The van der Waals surface area contributed by atoms with Gasteiger partial charge in [0.25, 0.3) is 0 Å². The molecule has 3 rings (SSSR count). The first kappa shape index (κ1) is 12.1. The molecule has 2 N–H and O–H groups in total. The number of aromatic nitrogens is 2. The molecule has 1 aromatic heterocycles. The molecule has 0 saturated heterocycles. The van der Waals surface area contributed by atoms with Crippen molar-refractivity contribution in [1.82, 2.24) is 9.55 Å². The molecule has 98 valence electrons. The predicted molar refractivity (Wildman–Crippen MR) is 76.7 cm³/mol. The molecule has 0 saturated carbocycles. The summed E-state index contributed by atoms with van der Waals surface area (Å²) in [6, 6.07) is 15.1. The van der Waals surface area contributed by atoms with Gasteiger partial charge in [-0.3, -0.25) is 4.57 Å². The molecule has 5 nitrogen and oxygen atoms in total. The van der Waals surface area contributed by atoms with Gasteiger partial charge in [0.15, 0.2) is 0 Å². The third-order valence-corrected chi connectivity index (χ3v) is 3.16. The number of hydrogen-bond donors (Lipinski definition) is 1. The number of hydrogen-bond acceptors (Lipinski definition) is 4. The van der Waals surface area contributed by atoms with Gasteiger partial charge in [0.1, 0.15) is 17.3 Å². The van der Waals surface area contributed by atoms with Gasteiger partial charge in [0.05, 0.1) is 18.2 Å². The Kier molecular flexibility index (Phi) is 2.77. The van der Waals surface area contributed by atoms with Crippen LogP contribution in [0.25, 0.3) is 16.7 Å². The van der Waals surface area contributed by atoms with Crippen molar-refractivity contribution in [3.05, 3.63) is 48.0 Å². The standard InChI is InChI=1S/C15H12N4O/c1-20-12-7-5-11(6-8-12)19-13-4-2-3-10(9-16)14(13)18-15(19)17/h2-8H,1H3,(H2,17,18). The van der Waals surface area contributed by atoms with E-state index < -0.39 is 0 Å². The summed E-state index contributed by atoms with van der Waals surface area (Å²) in [5, 5.41) is 9.12. The van der Waals surface area contributed by atoms with Gasteiger partial charge in [0.2, 0.25) is 5.95 Å². The Labute approximate surface area is 115 Å². The molecule has 0 aliphatic rings. The van der Waals surface area contributed by atoms with Crippen LogP contribution in [-0.2, 0) is 0 Å². The number of anilines is 1. The normalized spacial score (nSPS) is 10.4. The molecule has 1 heterocycles. The fourth-order valence-corrected chi connectivity index (χ4v) is 2.21. The summed E-state index contributed by atoms with van der Waals surface area (Å²) in [5.41, 5.74) is 8.81. The van der Waals surface area contributed by atoms with Crippen LogP contribution in [0.2, 0.25) is 0 Å². The number of nitrogen functional groups attached to an aromatic ring is 1. The van der Waals surface area contributed by atoms with E-state index in [1.807, 2.05) is 41.0 Å². The largest absolute Gasteiger partial charge is 0.497 e. The van der Waals surface area contributed by atoms with E-state index in [1.165, 1.54) is 0 Å². The maximum absolute atomic E-state index is 9.12. The van der Waals surface area contributed by atoms with Crippen molar-refractivity contribution in [3.63, 3.8) is 0 Å². The monoisotopic (exact) mass is 264 g/mol. The van der Waals surface area contributed by atoms with Gasteiger partial charge >= 0.3 is 0 Å². The smallest absolute Gasteiger partial charge is 0.205 e. The first-order chi connectivity index (χ1) is 9.74. The molecule has 0 radical (unpaired) electrons. The highest BCUT2D eigenvalue weighted by atomic mass is 16.5. The van der Waals surface area contributed by atoms with Gasteiger partial charge < -0.3 is 10.5 Å². The van der Waals surface area contributed by atoms with Gasteiger partial charge in [-0.1, -0.05) is 6.07 Å². The summed E-state index contributed by atoms with van der Waals surface area (Å²) in [5.74, 6) is 1.13. The van der Waals surface area contributed by atoms with E-state index in [2.05, 4.69) is 11.1 Å². The van der Waals surface area contributed by atoms with Crippen LogP contribution in [0.4, 0.5) is 5.95 Å². The van der Waals surface area contributed by atoms with E-state index in [0.29, 0.717) is 17.0 Å². The number of ether oxygens (including phenoxy) is 1. The molecule has 5 heteroatoms. The molecule has 0 atom stereocenters. The second-order valence-corrected chi connectivity index (χ2v) is 4.29. The average Bonchev–Trinajstić information content (AvgIpc) is 2.83. The van der Waals surface area contributed by atoms with Crippen molar-refractivity contribution in [2.75, 3.05) is 12.8 Å². The maximum atomic E-state index is 9.12. The predicted octanol–water partition coefficient (Wildman–Crippen LogP) is 2.49. The van der Waals surface area contributed by atoms with Crippen molar-refractivity contribution >= 4 is 17.0 Å². The zero-order valence-corrected chi connectivity index (χ0v) is 10.9. The van der Waals surface area contributed by atoms with E-state index in [-0.39, 0.29) is 0 Å². The molecule has 0 bridgehead atoms. The lowest BCUT2D eigenvalue weighted by Gasteiger charge is -2.07. The summed E-state index contributed by atoms with van der Waals surface area (Å²) >= 11 is 0. The van der Waals surface area contributed by atoms with Crippen LogP contribution in [0.1, 0.15) is 5.56 Å². The number of imidazole rings is 1. The number of fused-ring (bicyclic) bond motifs is 1. The van der Waals surface area contributed by atoms with Crippen LogP contribution < -0.4 is 10.5 Å². The van der Waals surface area contributed by atoms with Gasteiger partial charge in [0, 0.05) is 5.69 Å². The minimum atomic E-state index is 0.355. The van der Waals surface area contributed by atoms with E-state index in [1.54, 1.807) is 13.2 Å². The Morgan fingerprint density at radius 2 is 1.95 bits per heavy atom.